The van der Waals surface area contributed by atoms with Crippen molar-refractivity contribution in [3.8, 4) is 0 Å². The zero-order chi connectivity index (χ0) is 4.50. The van der Waals surface area contributed by atoms with Crippen molar-refractivity contribution in [2.24, 2.45) is 0 Å². The molecule has 0 rings (SSSR count). The Balaban J connectivity index is -0.0000000800. The van der Waals surface area contributed by atoms with E-state index in [9.17, 15) is 0 Å². The molecule has 0 radical (unpaired) electrons. The van der Waals surface area contributed by atoms with Crippen molar-refractivity contribution in [3.63, 3.8) is 0 Å². The predicted octanol–water partition coefficient (Wildman–Crippen LogP) is -3.24. The first-order chi connectivity index (χ1) is 2.00. The maximum Gasteiger partial charge on any atom is 1.00 e. The molecule has 0 aromatic rings. The van der Waals surface area contributed by atoms with Crippen LogP contribution in [0.5, 0.6) is 0 Å². The van der Waals surface area contributed by atoms with Crippen molar-refractivity contribution in [1.29, 1.82) is 0 Å². The molecule has 7 heteroatoms. The van der Waals surface area contributed by atoms with Gasteiger partial charge >= 0.3 is 79.1 Å². The Labute approximate surface area is 89.8 Å². The fourth-order valence-electron chi connectivity index (χ4n) is 0. The molecule has 0 aromatic carbocycles. The molecular weight excluding hydrogens is 386 g/mol. The molecule has 0 amide bonds. The summed E-state index contributed by atoms with van der Waals surface area (Å²) in [5.74, 6) is 0. The molecule has 43 valence electrons. The normalized spacial score (nSPS) is 10.9. The summed E-state index contributed by atoms with van der Waals surface area (Å²) in [6.45, 7) is 0. The molecular formula is Cl5NaRe. The van der Waals surface area contributed by atoms with Crippen molar-refractivity contribution >= 4 is 38.1 Å². The minimum atomic E-state index is -3.22. The summed E-state index contributed by atoms with van der Waals surface area (Å²) < 4.78 is 0. The van der Waals surface area contributed by atoms with E-state index < -0.39 is 11.5 Å². The van der Waals surface area contributed by atoms with Gasteiger partial charge in [-0.1, -0.05) is 0 Å². The Hall–Kier alpha value is 3.11. The van der Waals surface area contributed by atoms with Crippen LogP contribution in [0.4, 0.5) is 0 Å². The van der Waals surface area contributed by atoms with E-state index in [0.717, 1.165) is 0 Å². The van der Waals surface area contributed by atoms with E-state index in [1.165, 1.54) is 0 Å². The third-order valence-electron chi connectivity index (χ3n) is 0. The van der Waals surface area contributed by atoms with Crippen LogP contribution in [-0.4, -0.2) is 0 Å². The SMILES string of the molecule is [Cl-].[Cl][Re]([Cl])([Cl])[Cl].[Na+]. The van der Waals surface area contributed by atoms with Crippen LogP contribution in [0.3, 0.4) is 0 Å². The van der Waals surface area contributed by atoms with E-state index in [1.54, 1.807) is 0 Å². The van der Waals surface area contributed by atoms with E-state index in [-0.39, 0.29) is 42.0 Å². The number of rotatable bonds is 0. The summed E-state index contributed by atoms with van der Waals surface area (Å²) in [5.41, 5.74) is 0. The molecule has 0 heterocycles. The van der Waals surface area contributed by atoms with Gasteiger partial charge < -0.3 is 12.4 Å². The largest absolute Gasteiger partial charge is 1.00 e. The van der Waals surface area contributed by atoms with Gasteiger partial charge in [-0.15, -0.1) is 0 Å². The van der Waals surface area contributed by atoms with Gasteiger partial charge in [0, 0.05) is 0 Å². The maximum absolute atomic E-state index is 5.03. The number of hydrogen-bond donors (Lipinski definition) is 0. The van der Waals surface area contributed by atoms with Crippen molar-refractivity contribution in [1.82, 2.24) is 0 Å². The van der Waals surface area contributed by atoms with E-state index in [0.29, 0.717) is 0 Å². The molecule has 0 bridgehead atoms. The predicted molar refractivity (Wildman–Crippen MR) is 23.4 cm³/mol. The number of hydrogen-bond acceptors (Lipinski definition) is 0. The average molecular weight is 386 g/mol. The molecule has 0 saturated heterocycles. The topological polar surface area (TPSA) is 0 Å². The van der Waals surface area contributed by atoms with Crippen molar-refractivity contribution in [2.75, 3.05) is 0 Å². The fraction of sp³-hybridized carbons (Fsp3) is 0. The zero-order valence-corrected chi connectivity index (χ0v) is 11.8. The van der Waals surface area contributed by atoms with Gasteiger partial charge in [-0.05, 0) is 0 Å². The molecule has 0 atom stereocenters. The summed E-state index contributed by atoms with van der Waals surface area (Å²) in [6.07, 6.45) is 0. The van der Waals surface area contributed by atoms with Gasteiger partial charge in [0.1, 0.15) is 0 Å². The Kier molecular flexibility index (Phi) is 17.1. The van der Waals surface area contributed by atoms with Gasteiger partial charge in [0.2, 0.25) is 0 Å². The van der Waals surface area contributed by atoms with Gasteiger partial charge in [0.15, 0.2) is 0 Å². The Bertz CT molecular complexity index is 23.6. The second-order valence-corrected chi connectivity index (χ2v) is 23.9. The molecule has 0 aromatic heterocycles. The van der Waals surface area contributed by atoms with Crippen LogP contribution in [0.25, 0.3) is 0 Å². The van der Waals surface area contributed by atoms with Gasteiger partial charge in [-0.2, -0.15) is 0 Å². The summed E-state index contributed by atoms with van der Waals surface area (Å²) in [7, 11) is 20.1. The Morgan fingerprint density at radius 2 is 0.857 bits per heavy atom. The summed E-state index contributed by atoms with van der Waals surface area (Å²) in [4.78, 5) is 0. The second-order valence-electron chi connectivity index (χ2n) is 0.324. The van der Waals surface area contributed by atoms with Gasteiger partial charge in [-0.3, -0.25) is 0 Å². The average Bonchev–Trinajstić information content (AvgIpc) is 0.722. The van der Waals surface area contributed by atoms with E-state index in [1.807, 2.05) is 0 Å². The summed E-state index contributed by atoms with van der Waals surface area (Å²) >= 11 is -3.22. The molecule has 0 aliphatic carbocycles. The smallest absolute Gasteiger partial charge is 1.00 e. The summed E-state index contributed by atoms with van der Waals surface area (Å²) in [5, 5.41) is 0. The van der Waals surface area contributed by atoms with Crippen LogP contribution in [0.1, 0.15) is 0 Å². The third-order valence-corrected chi connectivity index (χ3v) is 0. The second kappa shape index (κ2) is 7.22. The van der Waals surface area contributed by atoms with Crippen LogP contribution in [0.2, 0.25) is 0 Å². The maximum atomic E-state index is 5.03. The first kappa shape index (κ1) is 16.6. The Morgan fingerprint density at radius 3 is 0.857 bits per heavy atom. The van der Waals surface area contributed by atoms with Gasteiger partial charge in [0.25, 0.3) is 0 Å². The molecule has 0 aliphatic rings. The summed E-state index contributed by atoms with van der Waals surface area (Å²) in [6, 6.07) is 0. The van der Waals surface area contributed by atoms with Crippen LogP contribution in [0, 0.1) is 0 Å². The Morgan fingerprint density at radius 1 is 0.857 bits per heavy atom. The first-order valence-corrected chi connectivity index (χ1v) is 14.0. The van der Waals surface area contributed by atoms with Gasteiger partial charge in [-0.25, -0.2) is 0 Å². The van der Waals surface area contributed by atoms with Crippen LogP contribution in [0.15, 0.2) is 0 Å². The van der Waals surface area contributed by atoms with Crippen LogP contribution >= 0.6 is 38.1 Å². The van der Waals surface area contributed by atoms with E-state index in [2.05, 4.69) is 0 Å². The number of halogens is 5. The third kappa shape index (κ3) is 47.6. The molecule has 7 heavy (non-hydrogen) atoms. The standard InChI is InChI=1S/5ClH.Na.Re/h5*1H;;/q;;;;;+1;+4/p-5. The molecule has 0 fully saturated rings. The minimum Gasteiger partial charge on any atom is 1.00 e. The zero-order valence-electron chi connectivity index (χ0n) is 3.27. The first-order valence-electron chi connectivity index (χ1n) is 0.571. The van der Waals surface area contributed by atoms with Crippen molar-refractivity contribution in [3.05, 3.63) is 0 Å². The molecule has 0 spiro atoms. The minimum absolute atomic E-state index is 0. The molecule has 0 N–H and O–H groups in total. The van der Waals surface area contributed by atoms with Crippen molar-refractivity contribution < 1.29 is 53.4 Å². The molecule has 0 unspecified atom stereocenters. The van der Waals surface area contributed by atoms with Crippen LogP contribution < -0.4 is 42.0 Å². The van der Waals surface area contributed by atoms with E-state index >= 15 is 0 Å². The van der Waals surface area contributed by atoms with E-state index in [4.69, 9.17) is 38.1 Å². The monoisotopic (exact) mass is 385 g/mol. The van der Waals surface area contributed by atoms with Crippen molar-refractivity contribution in [2.45, 2.75) is 0 Å². The molecule has 0 nitrogen and oxygen atoms in total. The quantitative estimate of drug-likeness (QED) is 0.384. The van der Waals surface area contributed by atoms with Crippen LogP contribution in [-0.2, 0) is 11.5 Å². The fourth-order valence-corrected chi connectivity index (χ4v) is 0. The molecule has 0 aliphatic heterocycles. The molecule has 0 saturated carbocycles. The van der Waals surface area contributed by atoms with Gasteiger partial charge in [0.05, 0.1) is 0 Å².